The fraction of sp³-hybridized carbons (Fsp3) is 0.400. The first-order chi connectivity index (χ1) is 11.8. The first kappa shape index (κ1) is 16.5. The van der Waals surface area contributed by atoms with Gasteiger partial charge in [0, 0.05) is 18.9 Å². The molecule has 0 spiro atoms. The molecule has 126 valence electrons. The first-order valence-electron chi connectivity index (χ1n) is 8.81. The number of hydrogen-bond donors (Lipinski definition) is 2. The van der Waals surface area contributed by atoms with Crippen molar-refractivity contribution in [1.82, 2.24) is 15.6 Å². The highest BCUT2D eigenvalue weighted by molar-refractivity contribution is 5.74. The quantitative estimate of drug-likeness (QED) is 0.866. The molecular weight excluding hydrogens is 298 g/mol. The van der Waals surface area contributed by atoms with Crippen molar-refractivity contribution < 1.29 is 4.79 Å². The highest BCUT2D eigenvalue weighted by Crippen LogP contribution is 2.34. The van der Waals surface area contributed by atoms with Crippen LogP contribution in [-0.4, -0.2) is 11.0 Å². The maximum atomic E-state index is 12.4. The van der Waals surface area contributed by atoms with E-state index in [2.05, 4.69) is 27.8 Å². The maximum Gasteiger partial charge on any atom is 0.315 e. The fourth-order valence-electron chi connectivity index (χ4n) is 3.48. The normalized spacial score (nSPS) is 16.3. The number of amides is 2. The topological polar surface area (TPSA) is 54.0 Å². The standard InChI is InChI=1S/C20H25N3O/c24-20(22-15-16-8-7-13-21-14-16)23-19(17-9-3-1-4-10-17)18-11-5-2-6-12-18/h1,3-4,7-10,13-14,18-19H,2,5-6,11-12,15H2,(H2,22,23,24). The average Bonchev–Trinajstić information content (AvgIpc) is 2.67. The number of nitrogens with zero attached hydrogens (tertiary/aromatic N) is 1. The average molecular weight is 323 g/mol. The zero-order valence-electron chi connectivity index (χ0n) is 13.9. The summed E-state index contributed by atoms with van der Waals surface area (Å²) in [5.74, 6) is 0.519. The number of urea groups is 1. The monoisotopic (exact) mass is 323 g/mol. The number of carbonyl (C=O) groups is 1. The molecule has 3 rings (SSSR count). The zero-order chi connectivity index (χ0) is 16.6. The van der Waals surface area contributed by atoms with Crippen molar-refractivity contribution in [2.75, 3.05) is 0 Å². The van der Waals surface area contributed by atoms with Crippen molar-refractivity contribution in [1.29, 1.82) is 0 Å². The number of hydrogen-bond acceptors (Lipinski definition) is 2. The minimum Gasteiger partial charge on any atom is -0.334 e. The molecular formula is C20H25N3O. The van der Waals surface area contributed by atoms with Gasteiger partial charge in [-0.1, -0.05) is 55.7 Å². The Balaban J connectivity index is 1.63. The van der Waals surface area contributed by atoms with Crippen molar-refractivity contribution in [3.63, 3.8) is 0 Å². The van der Waals surface area contributed by atoms with E-state index in [0.717, 1.165) is 5.56 Å². The largest absolute Gasteiger partial charge is 0.334 e. The Bertz CT molecular complexity index is 624. The van der Waals surface area contributed by atoms with Gasteiger partial charge in [-0.15, -0.1) is 0 Å². The summed E-state index contributed by atoms with van der Waals surface area (Å²) >= 11 is 0. The molecule has 1 fully saturated rings. The molecule has 1 aliphatic rings. The first-order valence-corrected chi connectivity index (χ1v) is 8.81. The lowest BCUT2D eigenvalue weighted by atomic mass is 9.81. The van der Waals surface area contributed by atoms with Crippen LogP contribution in [0, 0.1) is 5.92 Å². The van der Waals surface area contributed by atoms with Crippen LogP contribution in [0.2, 0.25) is 0 Å². The van der Waals surface area contributed by atoms with Crippen LogP contribution in [0.5, 0.6) is 0 Å². The van der Waals surface area contributed by atoms with Crippen LogP contribution in [0.15, 0.2) is 54.9 Å². The fourth-order valence-corrected chi connectivity index (χ4v) is 3.48. The summed E-state index contributed by atoms with van der Waals surface area (Å²) in [7, 11) is 0. The van der Waals surface area contributed by atoms with Crippen molar-refractivity contribution in [2.45, 2.75) is 44.7 Å². The Morgan fingerprint density at radius 1 is 1.08 bits per heavy atom. The van der Waals surface area contributed by atoms with Crippen LogP contribution in [-0.2, 0) is 6.54 Å². The van der Waals surface area contributed by atoms with Gasteiger partial charge in [-0.3, -0.25) is 4.98 Å². The molecule has 0 radical (unpaired) electrons. The molecule has 1 unspecified atom stereocenters. The molecule has 1 aromatic carbocycles. The van der Waals surface area contributed by atoms with E-state index in [1.165, 1.54) is 37.7 Å². The van der Waals surface area contributed by atoms with Crippen LogP contribution < -0.4 is 10.6 Å². The van der Waals surface area contributed by atoms with Crippen molar-refractivity contribution in [2.24, 2.45) is 5.92 Å². The van der Waals surface area contributed by atoms with Crippen LogP contribution in [0.25, 0.3) is 0 Å². The predicted molar refractivity (Wildman–Crippen MR) is 95.4 cm³/mol. The van der Waals surface area contributed by atoms with Gasteiger partial charge >= 0.3 is 6.03 Å². The molecule has 1 heterocycles. The summed E-state index contributed by atoms with van der Waals surface area (Å²) in [6, 6.07) is 14.1. The SMILES string of the molecule is O=C(NCc1cccnc1)NC(c1ccccc1)C1CCCCC1. The molecule has 0 aliphatic heterocycles. The highest BCUT2D eigenvalue weighted by Gasteiger charge is 2.26. The maximum absolute atomic E-state index is 12.4. The van der Waals surface area contributed by atoms with Gasteiger partial charge in [-0.05, 0) is 36.0 Å². The smallest absolute Gasteiger partial charge is 0.315 e. The second-order valence-electron chi connectivity index (χ2n) is 6.47. The van der Waals surface area contributed by atoms with E-state index in [0.29, 0.717) is 12.5 Å². The lowest BCUT2D eigenvalue weighted by Crippen LogP contribution is -2.40. The van der Waals surface area contributed by atoms with E-state index >= 15 is 0 Å². The van der Waals surface area contributed by atoms with E-state index in [9.17, 15) is 4.79 Å². The molecule has 0 saturated heterocycles. The van der Waals surface area contributed by atoms with Crippen LogP contribution in [0.4, 0.5) is 4.79 Å². The Labute approximate surface area is 143 Å². The Morgan fingerprint density at radius 2 is 1.88 bits per heavy atom. The molecule has 24 heavy (non-hydrogen) atoms. The van der Waals surface area contributed by atoms with E-state index in [4.69, 9.17) is 0 Å². The molecule has 4 nitrogen and oxygen atoms in total. The molecule has 0 bridgehead atoms. The second kappa shape index (κ2) is 8.48. The van der Waals surface area contributed by atoms with Crippen LogP contribution >= 0.6 is 0 Å². The van der Waals surface area contributed by atoms with E-state index < -0.39 is 0 Å². The number of pyridine rings is 1. The molecule has 2 amide bonds. The third-order valence-corrected chi connectivity index (χ3v) is 4.74. The summed E-state index contributed by atoms with van der Waals surface area (Å²) in [5, 5.41) is 6.15. The van der Waals surface area contributed by atoms with Crippen LogP contribution in [0.1, 0.15) is 49.3 Å². The molecule has 1 aromatic heterocycles. The molecule has 1 aliphatic carbocycles. The number of rotatable bonds is 5. The summed E-state index contributed by atoms with van der Waals surface area (Å²) in [6.45, 7) is 0.492. The minimum atomic E-state index is -0.113. The lowest BCUT2D eigenvalue weighted by Gasteiger charge is -2.31. The van der Waals surface area contributed by atoms with Crippen molar-refractivity contribution in [3.05, 3.63) is 66.0 Å². The van der Waals surface area contributed by atoms with Gasteiger partial charge in [0.2, 0.25) is 0 Å². The molecule has 4 heteroatoms. The van der Waals surface area contributed by atoms with E-state index in [1.807, 2.05) is 30.3 Å². The Morgan fingerprint density at radius 3 is 2.58 bits per heavy atom. The Kier molecular flexibility index (Phi) is 5.83. The van der Waals surface area contributed by atoms with Gasteiger partial charge < -0.3 is 10.6 Å². The molecule has 2 N–H and O–H groups in total. The van der Waals surface area contributed by atoms with E-state index in [-0.39, 0.29) is 12.1 Å². The van der Waals surface area contributed by atoms with Crippen molar-refractivity contribution in [3.8, 4) is 0 Å². The van der Waals surface area contributed by atoms with Gasteiger partial charge in [-0.25, -0.2) is 4.79 Å². The summed E-state index contributed by atoms with van der Waals surface area (Å²) in [4.78, 5) is 16.5. The third kappa shape index (κ3) is 4.57. The highest BCUT2D eigenvalue weighted by atomic mass is 16.2. The summed E-state index contributed by atoms with van der Waals surface area (Å²) in [5.41, 5.74) is 2.20. The summed E-state index contributed by atoms with van der Waals surface area (Å²) in [6.07, 6.45) is 9.70. The number of carbonyl (C=O) groups excluding carboxylic acids is 1. The molecule has 1 atom stereocenters. The third-order valence-electron chi connectivity index (χ3n) is 4.74. The second-order valence-corrected chi connectivity index (χ2v) is 6.47. The van der Waals surface area contributed by atoms with Gasteiger partial charge in [0.1, 0.15) is 0 Å². The molecule has 2 aromatic rings. The van der Waals surface area contributed by atoms with Crippen molar-refractivity contribution >= 4 is 6.03 Å². The van der Waals surface area contributed by atoms with Gasteiger partial charge in [-0.2, -0.15) is 0 Å². The predicted octanol–water partition coefficient (Wildman–Crippen LogP) is 4.20. The number of benzene rings is 1. The van der Waals surface area contributed by atoms with Gasteiger partial charge in [0.25, 0.3) is 0 Å². The summed E-state index contributed by atoms with van der Waals surface area (Å²) < 4.78 is 0. The lowest BCUT2D eigenvalue weighted by molar-refractivity contribution is 0.221. The number of aromatic nitrogens is 1. The van der Waals surface area contributed by atoms with Gasteiger partial charge in [0.05, 0.1) is 6.04 Å². The zero-order valence-corrected chi connectivity index (χ0v) is 13.9. The van der Waals surface area contributed by atoms with Gasteiger partial charge in [0.15, 0.2) is 0 Å². The van der Waals surface area contributed by atoms with E-state index in [1.54, 1.807) is 12.4 Å². The number of nitrogens with one attached hydrogen (secondary N) is 2. The van der Waals surface area contributed by atoms with Crippen LogP contribution in [0.3, 0.4) is 0 Å². The minimum absolute atomic E-state index is 0.0837. The molecule has 1 saturated carbocycles. The Hall–Kier alpha value is -2.36.